The first-order valence-corrected chi connectivity index (χ1v) is 9.00. The average molecular weight is 350 g/mol. The van der Waals surface area contributed by atoms with E-state index < -0.39 is 0 Å². The van der Waals surface area contributed by atoms with Gasteiger partial charge in [0, 0.05) is 13.1 Å². The molecule has 2 aromatic carbocycles. The minimum absolute atomic E-state index is 0.922. The van der Waals surface area contributed by atoms with Crippen molar-refractivity contribution >= 4 is 33.4 Å². The molecule has 4 N–H and O–H groups in total. The van der Waals surface area contributed by atoms with Crippen LogP contribution in [0.2, 0.25) is 0 Å². The first-order chi connectivity index (χ1) is 12.6. The molecule has 0 fully saturated rings. The van der Waals surface area contributed by atoms with Gasteiger partial charge in [0.25, 0.3) is 0 Å². The lowest BCUT2D eigenvalue weighted by atomic mass is 10.2. The molecule has 0 unspecified atom stereocenters. The van der Waals surface area contributed by atoms with E-state index in [1.165, 1.54) is 0 Å². The molecule has 0 saturated carbocycles. The van der Waals surface area contributed by atoms with E-state index in [0.717, 1.165) is 58.2 Å². The summed E-state index contributed by atoms with van der Waals surface area (Å²) in [5.74, 6) is 1.92. The smallest absolute Gasteiger partial charge is 0.112 e. The molecule has 4 aromatic rings. The zero-order valence-electron chi connectivity index (χ0n) is 15.8. The second-order valence-electron chi connectivity index (χ2n) is 6.11. The van der Waals surface area contributed by atoms with Gasteiger partial charge in [-0.05, 0) is 52.0 Å². The zero-order chi connectivity index (χ0) is 18.5. The molecular formula is C20H26N6. The van der Waals surface area contributed by atoms with Gasteiger partial charge >= 0.3 is 0 Å². The number of rotatable bonds is 4. The molecule has 0 aliphatic carbocycles. The van der Waals surface area contributed by atoms with Gasteiger partial charge in [0.2, 0.25) is 0 Å². The van der Waals surface area contributed by atoms with Crippen molar-refractivity contribution in [2.45, 2.75) is 27.7 Å². The lowest BCUT2D eigenvalue weighted by Gasteiger charge is -2.02. The van der Waals surface area contributed by atoms with Crippen LogP contribution in [0.4, 0.5) is 11.4 Å². The Morgan fingerprint density at radius 1 is 0.731 bits per heavy atom. The molecule has 0 saturated heterocycles. The number of anilines is 2. The van der Waals surface area contributed by atoms with Gasteiger partial charge in [0.05, 0.1) is 22.4 Å². The number of nitrogens with zero attached hydrogens (tertiary/aromatic N) is 2. The monoisotopic (exact) mass is 350 g/mol. The number of H-pyrrole nitrogens is 2. The summed E-state index contributed by atoms with van der Waals surface area (Å²) in [5, 5.41) is 6.56. The number of aromatic amines is 2. The first kappa shape index (κ1) is 17.8. The molecule has 2 aromatic heterocycles. The molecule has 2 heterocycles. The standard InChI is InChI=1S/2C10H13N3/c2*1-3-11-8-5-4-6-9-10(8)13-7(2)12-9/h2*4-6,11H,3H2,1-2H3,(H,12,13). The lowest BCUT2D eigenvalue weighted by Crippen LogP contribution is -1.96. The molecule has 0 radical (unpaired) electrons. The van der Waals surface area contributed by atoms with Gasteiger partial charge in [-0.2, -0.15) is 0 Å². The minimum Gasteiger partial charge on any atom is -0.384 e. The summed E-state index contributed by atoms with van der Waals surface area (Å²) in [4.78, 5) is 15.2. The van der Waals surface area contributed by atoms with Crippen molar-refractivity contribution in [2.75, 3.05) is 23.7 Å². The van der Waals surface area contributed by atoms with Crippen LogP contribution in [0.25, 0.3) is 22.1 Å². The number of imidazole rings is 2. The Hall–Kier alpha value is -3.02. The number of benzene rings is 2. The van der Waals surface area contributed by atoms with E-state index in [1.807, 2.05) is 50.2 Å². The van der Waals surface area contributed by atoms with E-state index in [9.17, 15) is 0 Å². The summed E-state index contributed by atoms with van der Waals surface area (Å²) < 4.78 is 0. The lowest BCUT2D eigenvalue weighted by molar-refractivity contribution is 1.17. The first-order valence-electron chi connectivity index (χ1n) is 9.00. The van der Waals surface area contributed by atoms with Crippen LogP contribution >= 0.6 is 0 Å². The number of aryl methyl sites for hydroxylation is 2. The van der Waals surface area contributed by atoms with Crippen molar-refractivity contribution in [3.05, 3.63) is 48.0 Å². The second-order valence-corrected chi connectivity index (χ2v) is 6.11. The fraction of sp³-hybridized carbons (Fsp3) is 0.300. The maximum atomic E-state index is 4.41. The topological polar surface area (TPSA) is 81.4 Å². The van der Waals surface area contributed by atoms with Crippen molar-refractivity contribution in [2.24, 2.45) is 0 Å². The third-order valence-electron chi connectivity index (χ3n) is 4.00. The van der Waals surface area contributed by atoms with E-state index in [0.29, 0.717) is 0 Å². The summed E-state index contributed by atoms with van der Waals surface area (Å²) in [6, 6.07) is 12.2. The number of nitrogens with one attached hydrogen (secondary N) is 4. The van der Waals surface area contributed by atoms with Crippen molar-refractivity contribution in [3.8, 4) is 0 Å². The van der Waals surface area contributed by atoms with E-state index in [2.05, 4.69) is 44.4 Å². The number of para-hydroxylation sites is 2. The third kappa shape index (κ3) is 3.79. The van der Waals surface area contributed by atoms with Crippen LogP contribution in [-0.4, -0.2) is 33.0 Å². The predicted octanol–water partition coefficient (Wildman–Crippen LogP) is 4.61. The molecule has 0 amide bonds. The fourth-order valence-electron chi connectivity index (χ4n) is 2.98. The molecule has 0 spiro atoms. The highest BCUT2D eigenvalue weighted by molar-refractivity contribution is 5.88. The minimum atomic E-state index is 0.922. The number of aromatic nitrogens is 4. The summed E-state index contributed by atoms with van der Waals surface area (Å²) in [6.45, 7) is 9.94. The fourth-order valence-corrected chi connectivity index (χ4v) is 2.98. The van der Waals surface area contributed by atoms with Crippen LogP contribution in [0.1, 0.15) is 25.5 Å². The SMILES string of the molecule is CCNc1cccc2[nH]c(C)nc12.CCNc1cccc2[nH]c(C)nc12. The molecular weight excluding hydrogens is 324 g/mol. The molecule has 0 aliphatic heterocycles. The van der Waals surface area contributed by atoms with Crippen molar-refractivity contribution < 1.29 is 0 Å². The molecule has 0 bridgehead atoms. The van der Waals surface area contributed by atoms with Crippen molar-refractivity contribution in [1.29, 1.82) is 0 Å². The molecule has 6 heteroatoms. The van der Waals surface area contributed by atoms with Crippen LogP contribution in [0, 0.1) is 13.8 Å². The van der Waals surface area contributed by atoms with Crippen LogP contribution in [0.15, 0.2) is 36.4 Å². The van der Waals surface area contributed by atoms with Gasteiger partial charge < -0.3 is 20.6 Å². The summed E-state index contributed by atoms with van der Waals surface area (Å²) in [6.07, 6.45) is 0. The highest BCUT2D eigenvalue weighted by Gasteiger charge is 2.03. The Morgan fingerprint density at radius 3 is 1.54 bits per heavy atom. The zero-order valence-corrected chi connectivity index (χ0v) is 15.8. The van der Waals surface area contributed by atoms with Gasteiger partial charge in [0.1, 0.15) is 22.7 Å². The van der Waals surface area contributed by atoms with E-state index in [1.54, 1.807) is 0 Å². The largest absolute Gasteiger partial charge is 0.384 e. The Bertz CT molecular complexity index is 916. The average Bonchev–Trinajstić information content (AvgIpc) is 3.18. The normalized spacial score (nSPS) is 10.6. The summed E-state index contributed by atoms with van der Waals surface area (Å²) in [5.41, 5.74) is 6.45. The molecule has 4 rings (SSSR count). The van der Waals surface area contributed by atoms with Gasteiger partial charge in [-0.25, -0.2) is 9.97 Å². The van der Waals surface area contributed by atoms with E-state index in [4.69, 9.17) is 0 Å². The van der Waals surface area contributed by atoms with Gasteiger partial charge in [-0.15, -0.1) is 0 Å². The Morgan fingerprint density at radius 2 is 1.15 bits per heavy atom. The summed E-state index contributed by atoms with van der Waals surface area (Å²) in [7, 11) is 0. The van der Waals surface area contributed by atoms with Crippen LogP contribution < -0.4 is 10.6 Å². The highest BCUT2D eigenvalue weighted by Crippen LogP contribution is 2.21. The predicted molar refractivity (Wildman–Crippen MR) is 110 cm³/mol. The van der Waals surface area contributed by atoms with Crippen LogP contribution in [0.3, 0.4) is 0 Å². The molecule has 26 heavy (non-hydrogen) atoms. The summed E-state index contributed by atoms with van der Waals surface area (Å²) >= 11 is 0. The van der Waals surface area contributed by atoms with Gasteiger partial charge in [-0.3, -0.25) is 0 Å². The van der Waals surface area contributed by atoms with E-state index in [-0.39, 0.29) is 0 Å². The Labute approximate surface area is 153 Å². The quantitative estimate of drug-likeness (QED) is 0.433. The van der Waals surface area contributed by atoms with Gasteiger partial charge in [-0.1, -0.05) is 12.1 Å². The number of hydrogen-bond donors (Lipinski definition) is 4. The van der Waals surface area contributed by atoms with Crippen molar-refractivity contribution in [3.63, 3.8) is 0 Å². The number of hydrogen-bond acceptors (Lipinski definition) is 4. The molecule has 6 nitrogen and oxygen atoms in total. The van der Waals surface area contributed by atoms with Crippen LogP contribution in [0.5, 0.6) is 0 Å². The van der Waals surface area contributed by atoms with Crippen LogP contribution in [-0.2, 0) is 0 Å². The Kier molecular flexibility index (Phi) is 5.41. The molecule has 136 valence electrons. The van der Waals surface area contributed by atoms with E-state index >= 15 is 0 Å². The molecule has 0 atom stereocenters. The second kappa shape index (κ2) is 7.91. The number of fused-ring (bicyclic) bond motifs is 2. The third-order valence-corrected chi connectivity index (χ3v) is 4.00. The van der Waals surface area contributed by atoms with Gasteiger partial charge in [0.15, 0.2) is 0 Å². The Balaban J connectivity index is 0.000000151. The maximum Gasteiger partial charge on any atom is 0.112 e. The molecule has 0 aliphatic rings. The highest BCUT2D eigenvalue weighted by atomic mass is 15.0. The van der Waals surface area contributed by atoms with Crippen molar-refractivity contribution in [1.82, 2.24) is 19.9 Å². The maximum absolute atomic E-state index is 4.41.